The van der Waals surface area contributed by atoms with Crippen LogP contribution in [-0.4, -0.2) is 11.8 Å². The number of anilines is 2. The van der Waals surface area contributed by atoms with Gasteiger partial charge < -0.3 is 15.1 Å². The van der Waals surface area contributed by atoms with Crippen LogP contribution >= 0.6 is 0 Å². The summed E-state index contributed by atoms with van der Waals surface area (Å²) in [5.41, 5.74) is 3.87. The normalized spacial score (nSPS) is 10.8. The van der Waals surface area contributed by atoms with Gasteiger partial charge in [0.05, 0.1) is 0 Å². The van der Waals surface area contributed by atoms with Gasteiger partial charge in [0.2, 0.25) is 5.91 Å². The lowest BCUT2D eigenvalue weighted by molar-refractivity contribution is -0.111. The Balaban J connectivity index is 1.33. The number of nitrogens with one attached hydrogen (secondary N) is 2. The molecule has 4 aromatic rings. The van der Waals surface area contributed by atoms with Crippen molar-refractivity contribution in [3.8, 4) is 11.3 Å². The second-order valence-corrected chi connectivity index (χ2v) is 7.29. The highest BCUT2D eigenvalue weighted by atomic mass is 16.3. The van der Waals surface area contributed by atoms with Gasteiger partial charge in [0.25, 0.3) is 5.91 Å². The summed E-state index contributed by atoms with van der Waals surface area (Å²) in [4.78, 5) is 24.6. The van der Waals surface area contributed by atoms with E-state index < -0.39 is 0 Å². The third kappa shape index (κ3) is 5.40. The Morgan fingerprint density at radius 3 is 2.22 bits per heavy atom. The molecular weight excluding hydrogens is 400 g/mol. The zero-order chi connectivity index (χ0) is 22.3. The van der Waals surface area contributed by atoms with Crippen molar-refractivity contribution in [3.63, 3.8) is 0 Å². The Hall–Kier alpha value is -4.38. The van der Waals surface area contributed by atoms with Gasteiger partial charge in [-0.25, -0.2) is 0 Å². The highest BCUT2D eigenvalue weighted by molar-refractivity contribution is 6.05. The van der Waals surface area contributed by atoms with Gasteiger partial charge in [-0.15, -0.1) is 0 Å². The minimum atomic E-state index is -0.279. The lowest BCUT2D eigenvalue weighted by Gasteiger charge is -2.07. The van der Waals surface area contributed by atoms with Gasteiger partial charge in [-0.2, -0.15) is 0 Å². The summed E-state index contributed by atoms with van der Waals surface area (Å²) in [6, 6.07) is 27.8. The molecule has 32 heavy (non-hydrogen) atoms. The largest absolute Gasteiger partial charge is 0.457 e. The topological polar surface area (TPSA) is 71.3 Å². The van der Waals surface area contributed by atoms with Gasteiger partial charge in [-0.1, -0.05) is 48.0 Å². The maximum absolute atomic E-state index is 12.3. The molecule has 0 bridgehead atoms. The minimum absolute atomic E-state index is 0.179. The van der Waals surface area contributed by atoms with Crippen LogP contribution in [0.4, 0.5) is 11.4 Å². The first kappa shape index (κ1) is 20.9. The molecule has 2 N–H and O–H groups in total. The fourth-order valence-electron chi connectivity index (χ4n) is 3.17. The summed E-state index contributed by atoms with van der Waals surface area (Å²) in [5.74, 6) is 0.878. The van der Waals surface area contributed by atoms with Gasteiger partial charge in [0, 0.05) is 28.6 Å². The Labute approximate surface area is 186 Å². The highest BCUT2D eigenvalue weighted by Gasteiger charge is 2.07. The number of aryl methyl sites for hydroxylation is 1. The molecule has 1 heterocycles. The summed E-state index contributed by atoms with van der Waals surface area (Å²) >= 11 is 0. The van der Waals surface area contributed by atoms with Crippen molar-refractivity contribution < 1.29 is 14.0 Å². The van der Waals surface area contributed by atoms with Crippen LogP contribution in [0.5, 0.6) is 0 Å². The van der Waals surface area contributed by atoms with Crippen LogP contribution in [0.1, 0.15) is 21.7 Å². The molecule has 0 aliphatic rings. The van der Waals surface area contributed by atoms with E-state index in [4.69, 9.17) is 4.42 Å². The van der Waals surface area contributed by atoms with Crippen LogP contribution in [-0.2, 0) is 4.79 Å². The van der Waals surface area contributed by atoms with E-state index in [9.17, 15) is 9.59 Å². The lowest BCUT2D eigenvalue weighted by atomic mass is 10.1. The third-order valence-electron chi connectivity index (χ3n) is 4.77. The number of hydrogen-bond acceptors (Lipinski definition) is 3. The standard InChI is InChI=1S/C27H22N2O3/c1-19-6-5-9-21(18-19)27(31)29-23-12-10-22(11-13-23)28-26(30)17-15-24-14-16-25(32-24)20-7-3-2-4-8-20/h2-18H,1H3,(H,28,30)(H,29,31)/b17-15+. The van der Waals surface area contributed by atoms with Crippen molar-refractivity contribution >= 4 is 29.3 Å². The lowest BCUT2D eigenvalue weighted by Crippen LogP contribution is -2.12. The molecule has 0 atom stereocenters. The van der Waals surface area contributed by atoms with Gasteiger partial charge in [-0.3, -0.25) is 9.59 Å². The Bertz CT molecular complexity index is 1260. The summed E-state index contributed by atoms with van der Waals surface area (Å²) in [6.45, 7) is 1.94. The van der Waals surface area contributed by atoms with Crippen molar-refractivity contribution in [1.29, 1.82) is 0 Å². The molecule has 0 aliphatic carbocycles. The Kier molecular flexibility index (Phi) is 6.28. The summed E-state index contributed by atoms with van der Waals surface area (Å²) in [6.07, 6.45) is 3.04. The van der Waals surface area contributed by atoms with Crippen molar-refractivity contribution in [3.05, 3.63) is 114 Å². The number of amides is 2. The molecule has 158 valence electrons. The van der Waals surface area contributed by atoms with Crippen LogP contribution in [0, 0.1) is 6.92 Å². The number of rotatable bonds is 6. The summed E-state index contributed by atoms with van der Waals surface area (Å²) in [5, 5.41) is 5.64. The van der Waals surface area contributed by atoms with Crippen LogP contribution in [0.3, 0.4) is 0 Å². The monoisotopic (exact) mass is 422 g/mol. The molecule has 5 heteroatoms. The van der Waals surface area contributed by atoms with E-state index >= 15 is 0 Å². The van der Waals surface area contributed by atoms with Crippen LogP contribution in [0.15, 0.2) is 101 Å². The van der Waals surface area contributed by atoms with Crippen LogP contribution < -0.4 is 10.6 Å². The number of carbonyl (C=O) groups is 2. The molecule has 0 radical (unpaired) electrons. The van der Waals surface area contributed by atoms with Crippen LogP contribution in [0.25, 0.3) is 17.4 Å². The molecule has 0 saturated heterocycles. The third-order valence-corrected chi connectivity index (χ3v) is 4.77. The SMILES string of the molecule is Cc1cccc(C(=O)Nc2ccc(NC(=O)/C=C/c3ccc(-c4ccccc4)o3)cc2)c1. The first-order valence-corrected chi connectivity index (χ1v) is 10.2. The smallest absolute Gasteiger partial charge is 0.255 e. The maximum Gasteiger partial charge on any atom is 0.255 e. The Morgan fingerprint density at radius 2 is 1.50 bits per heavy atom. The summed E-state index contributed by atoms with van der Waals surface area (Å²) < 4.78 is 5.76. The summed E-state index contributed by atoms with van der Waals surface area (Å²) in [7, 11) is 0. The molecule has 4 rings (SSSR count). The zero-order valence-electron chi connectivity index (χ0n) is 17.5. The molecule has 0 aliphatic heterocycles. The van der Waals surface area contributed by atoms with E-state index in [-0.39, 0.29) is 11.8 Å². The predicted octanol–water partition coefficient (Wildman–Crippen LogP) is 6.16. The van der Waals surface area contributed by atoms with E-state index in [1.54, 1.807) is 36.4 Å². The average Bonchev–Trinajstić information content (AvgIpc) is 3.29. The number of hydrogen-bond donors (Lipinski definition) is 2. The molecule has 0 unspecified atom stereocenters. The van der Waals surface area contributed by atoms with E-state index in [2.05, 4.69) is 10.6 Å². The van der Waals surface area contributed by atoms with Crippen LogP contribution in [0.2, 0.25) is 0 Å². The number of benzene rings is 3. The second kappa shape index (κ2) is 9.62. The fraction of sp³-hybridized carbons (Fsp3) is 0.0370. The first-order valence-electron chi connectivity index (χ1n) is 10.2. The van der Waals surface area contributed by atoms with E-state index in [0.29, 0.717) is 22.7 Å². The first-order chi connectivity index (χ1) is 15.6. The maximum atomic E-state index is 12.3. The molecule has 5 nitrogen and oxygen atoms in total. The fourth-order valence-corrected chi connectivity index (χ4v) is 3.17. The molecule has 1 aromatic heterocycles. The highest BCUT2D eigenvalue weighted by Crippen LogP contribution is 2.22. The second-order valence-electron chi connectivity index (χ2n) is 7.29. The predicted molar refractivity (Wildman–Crippen MR) is 127 cm³/mol. The molecule has 0 saturated carbocycles. The van der Waals surface area contributed by atoms with Crippen molar-refractivity contribution in [2.24, 2.45) is 0 Å². The number of furan rings is 1. The van der Waals surface area contributed by atoms with Crippen molar-refractivity contribution in [1.82, 2.24) is 0 Å². The number of carbonyl (C=O) groups excluding carboxylic acids is 2. The molecule has 0 spiro atoms. The van der Waals surface area contributed by atoms with Crippen molar-refractivity contribution in [2.75, 3.05) is 10.6 Å². The van der Waals surface area contributed by atoms with E-state index in [1.807, 2.05) is 67.6 Å². The average molecular weight is 422 g/mol. The van der Waals surface area contributed by atoms with E-state index in [1.165, 1.54) is 6.08 Å². The Morgan fingerprint density at radius 1 is 0.781 bits per heavy atom. The van der Waals surface area contributed by atoms with Crippen molar-refractivity contribution in [2.45, 2.75) is 6.92 Å². The van der Waals surface area contributed by atoms with Gasteiger partial charge in [-0.05, 0) is 61.5 Å². The van der Waals surface area contributed by atoms with E-state index in [0.717, 1.165) is 16.9 Å². The quantitative estimate of drug-likeness (QED) is 0.366. The van der Waals surface area contributed by atoms with Gasteiger partial charge in [0.15, 0.2) is 0 Å². The molecule has 2 amide bonds. The van der Waals surface area contributed by atoms with Gasteiger partial charge >= 0.3 is 0 Å². The van der Waals surface area contributed by atoms with Gasteiger partial charge in [0.1, 0.15) is 11.5 Å². The zero-order valence-corrected chi connectivity index (χ0v) is 17.5. The molecular formula is C27H22N2O3. The molecule has 0 fully saturated rings. The minimum Gasteiger partial charge on any atom is -0.457 e. The molecule has 3 aromatic carbocycles.